The molecule has 0 amide bonds. The molecule has 6 nitrogen and oxygen atoms in total. The van der Waals surface area contributed by atoms with Crippen LogP contribution in [0, 0.1) is 0 Å². The Balaban J connectivity index is 1.67. The Morgan fingerprint density at radius 2 is 1.56 bits per heavy atom. The standard InChI is InChI=1S/C26H29NO5/c1-2-3-4-8-17-30-26-21(11-16-24(27-26)20-9-6-5-7-10-20)18-31-22-12-14-23(15-13-22)32-19-25(28)29/h5-7,9-16H,2-4,8,17-19H2,1H3,(H,28,29). The van der Waals surface area contributed by atoms with E-state index in [1.807, 2.05) is 42.5 Å². The highest BCUT2D eigenvalue weighted by Gasteiger charge is 2.10. The van der Waals surface area contributed by atoms with Gasteiger partial charge in [0.2, 0.25) is 5.88 Å². The van der Waals surface area contributed by atoms with Crippen LogP contribution in [0.1, 0.15) is 38.2 Å². The van der Waals surface area contributed by atoms with Crippen molar-refractivity contribution in [2.75, 3.05) is 13.2 Å². The molecule has 0 saturated carbocycles. The minimum absolute atomic E-state index is 0.307. The van der Waals surface area contributed by atoms with E-state index in [0.29, 0.717) is 30.6 Å². The molecule has 0 fully saturated rings. The Bertz CT molecular complexity index is 973. The Hall–Kier alpha value is -3.54. The summed E-state index contributed by atoms with van der Waals surface area (Å²) in [6.07, 6.45) is 4.50. The third-order valence-corrected chi connectivity index (χ3v) is 4.83. The zero-order valence-electron chi connectivity index (χ0n) is 18.3. The first-order valence-corrected chi connectivity index (χ1v) is 10.9. The van der Waals surface area contributed by atoms with E-state index < -0.39 is 5.97 Å². The summed E-state index contributed by atoms with van der Waals surface area (Å²) in [5.41, 5.74) is 2.76. The maximum absolute atomic E-state index is 10.6. The first-order chi connectivity index (χ1) is 15.7. The van der Waals surface area contributed by atoms with Gasteiger partial charge in [-0.25, -0.2) is 9.78 Å². The summed E-state index contributed by atoms with van der Waals surface area (Å²) >= 11 is 0. The zero-order valence-corrected chi connectivity index (χ0v) is 18.3. The lowest BCUT2D eigenvalue weighted by molar-refractivity contribution is -0.139. The van der Waals surface area contributed by atoms with Crippen LogP contribution in [-0.4, -0.2) is 29.3 Å². The molecular weight excluding hydrogens is 406 g/mol. The number of carboxylic acids is 1. The highest BCUT2D eigenvalue weighted by molar-refractivity contribution is 5.68. The third-order valence-electron chi connectivity index (χ3n) is 4.83. The van der Waals surface area contributed by atoms with Gasteiger partial charge in [-0.2, -0.15) is 0 Å². The van der Waals surface area contributed by atoms with Gasteiger partial charge in [-0.3, -0.25) is 0 Å². The molecule has 0 aliphatic heterocycles. The normalized spacial score (nSPS) is 10.5. The fourth-order valence-electron chi connectivity index (χ4n) is 3.11. The average molecular weight is 436 g/mol. The number of nitrogens with zero attached hydrogens (tertiary/aromatic N) is 1. The minimum Gasteiger partial charge on any atom is -0.489 e. The molecule has 1 N–H and O–H groups in total. The van der Waals surface area contributed by atoms with Crippen LogP contribution in [0.4, 0.5) is 0 Å². The van der Waals surface area contributed by atoms with Crippen molar-refractivity contribution in [1.29, 1.82) is 0 Å². The van der Waals surface area contributed by atoms with Crippen LogP contribution >= 0.6 is 0 Å². The van der Waals surface area contributed by atoms with Gasteiger partial charge < -0.3 is 19.3 Å². The van der Waals surface area contributed by atoms with E-state index in [1.54, 1.807) is 24.3 Å². The van der Waals surface area contributed by atoms with Crippen molar-refractivity contribution in [1.82, 2.24) is 4.98 Å². The van der Waals surface area contributed by atoms with Gasteiger partial charge in [0.05, 0.1) is 17.9 Å². The Morgan fingerprint density at radius 1 is 0.844 bits per heavy atom. The van der Waals surface area contributed by atoms with Crippen molar-refractivity contribution in [2.45, 2.75) is 39.2 Å². The average Bonchev–Trinajstić information content (AvgIpc) is 2.83. The van der Waals surface area contributed by atoms with Gasteiger partial charge in [-0.05, 0) is 42.8 Å². The number of aromatic nitrogens is 1. The molecule has 2 aromatic carbocycles. The van der Waals surface area contributed by atoms with Crippen LogP contribution in [0.15, 0.2) is 66.7 Å². The quantitative estimate of drug-likeness (QED) is 0.345. The summed E-state index contributed by atoms with van der Waals surface area (Å²) in [4.78, 5) is 15.4. The first-order valence-electron chi connectivity index (χ1n) is 10.9. The monoisotopic (exact) mass is 435 g/mol. The smallest absolute Gasteiger partial charge is 0.341 e. The molecule has 1 heterocycles. The Kier molecular flexibility index (Phi) is 8.92. The maximum Gasteiger partial charge on any atom is 0.341 e. The van der Waals surface area contributed by atoms with Gasteiger partial charge in [0, 0.05) is 5.56 Å². The van der Waals surface area contributed by atoms with Gasteiger partial charge in [0.25, 0.3) is 0 Å². The van der Waals surface area contributed by atoms with E-state index in [4.69, 9.17) is 24.3 Å². The van der Waals surface area contributed by atoms with Crippen molar-refractivity contribution < 1.29 is 24.1 Å². The summed E-state index contributed by atoms with van der Waals surface area (Å²) in [5.74, 6) is 0.696. The second-order valence-electron chi connectivity index (χ2n) is 7.38. The molecule has 3 aromatic rings. The molecule has 0 bridgehead atoms. The number of unbranched alkanes of at least 4 members (excludes halogenated alkanes) is 3. The summed E-state index contributed by atoms with van der Waals surface area (Å²) in [6, 6.07) is 20.8. The fraction of sp³-hybridized carbons (Fsp3) is 0.308. The van der Waals surface area contributed by atoms with Gasteiger partial charge in [0.15, 0.2) is 6.61 Å². The lowest BCUT2D eigenvalue weighted by Gasteiger charge is -2.14. The van der Waals surface area contributed by atoms with E-state index in [0.717, 1.165) is 29.7 Å². The number of ether oxygens (including phenoxy) is 3. The number of hydrogen-bond donors (Lipinski definition) is 1. The molecule has 0 radical (unpaired) electrons. The third kappa shape index (κ3) is 7.30. The lowest BCUT2D eigenvalue weighted by Crippen LogP contribution is -2.09. The highest BCUT2D eigenvalue weighted by atomic mass is 16.5. The molecular formula is C26H29NO5. The van der Waals surface area contributed by atoms with Crippen molar-refractivity contribution in [2.24, 2.45) is 0 Å². The number of rotatable bonds is 13. The molecule has 0 aliphatic carbocycles. The van der Waals surface area contributed by atoms with Crippen LogP contribution in [0.5, 0.6) is 17.4 Å². The predicted octanol–water partition coefficient (Wildman–Crippen LogP) is 5.75. The number of benzene rings is 2. The van der Waals surface area contributed by atoms with Gasteiger partial charge in [-0.1, -0.05) is 56.5 Å². The molecule has 0 spiro atoms. The predicted molar refractivity (Wildman–Crippen MR) is 123 cm³/mol. The molecule has 168 valence electrons. The molecule has 0 saturated heterocycles. The van der Waals surface area contributed by atoms with Crippen molar-refractivity contribution >= 4 is 5.97 Å². The van der Waals surface area contributed by atoms with Crippen LogP contribution in [0.2, 0.25) is 0 Å². The second-order valence-corrected chi connectivity index (χ2v) is 7.38. The molecule has 6 heteroatoms. The van der Waals surface area contributed by atoms with Crippen LogP contribution < -0.4 is 14.2 Å². The van der Waals surface area contributed by atoms with Crippen molar-refractivity contribution in [3.63, 3.8) is 0 Å². The fourth-order valence-corrected chi connectivity index (χ4v) is 3.11. The number of carboxylic acid groups (broad SMARTS) is 1. The van der Waals surface area contributed by atoms with Crippen molar-refractivity contribution in [3.8, 4) is 28.6 Å². The van der Waals surface area contributed by atoms with E-state index in [1.165, 1.54) is 12.8 Å². The Morgan fingerprint density at radius 3 is 2.25 bits per heavy atom. The largest absolute Gasteiger partial charge is 0.489 e. The highest BCUT2D eigenvalue weighted by Crippen LogP contribution is 2.26. The first kappa shape index (κ1) is 23.1. The second kappa shape index (κ2) is 12.3. The number of hydrogen-bond acceptors (Lipinski definition) is 5. The number of aliphatic carboxylic acids is 1. The topological polar surface area (TPSA) is 77.9 Å². The summed E-state index contributed by atoms with van der Waals surface area (Å²) in [7, 11) is 0. The molecule has 0 unspecified atom stereocenters. The van der Waals surface area contributed by atoms with Crippen LogP contribution in [0.3, 0.4) is 0 Å². The van der Waals surface area contributed by atoms with E-state index >= 15 is 0 Å². The van der Waals surface area contributed by atoms with E-state index in [2.05, 4.69) is 6.92 Å². The summed E-state index contributed by atoms with van der Waals surface area (Å²) in [5, 5.41) is 8.69. The van der Waals surface area contributed by atoms with Crippen LogP contribution in [0.25, 0.3) is 11.3 Å². The zero-order chi connectivity index (χ0) is 22.6. The molecule has 0 aliphatic rings. The van der Waals surface area contributed by atoms with E-state index in [9.17, 15) is 4.79 Å². The molecule has 32 heavy (non-hydrogen) atoms. The van der Waals surface area contributed by atoms with Crippen molar-refractivity contribution in [3.05, 3.63) is 72.3 Å². The lowest BCUT2D eigenvalue weighted by atomic mass is 10.1. The SMILES string of the molecule is CCCCCCOc1nc(-c2ccccc2)ccc1COc1ccc(OCC(=O)O)cc1. The van der Waals surface area contributed by atoms with E-state index in [-0.39, 0.29) is 6.61 Å². The maximum atomic E-state index is 10.6. The Labute approximate surface area is 188 Å². The summed E-state index contributed by atoms with van der Waals surface area (Å²) in [6.45, 7) is 2.74. The molecule has 0 atom stereocenters. The summed E-state index contributed by atoms with van der Waals surface area (Å²) < 4.78 is 17.1. The van der Waals surface area contributed by atoms with Gasteiger partial charge in [-0.15, -0.1) is 0 Å². The van der Waals surface area contributed by atoms with Crippen LogP contribution in [-0.2, 0) is 11.4 Å². The van der Waals surface area contributed by atoms with Gasteiger partial charge in [0.1, 0.15) is 18.1 Å². The minimum atomic E-state index is -1.01. The molecule has 1 aromatic heterocycles. The molecule has 3 rings (SSSR count). The van der Waals surface area contributed by atoms with Gasteiger partial charge >= 0.3 is 5.97 Å². The number of carbonyl (C=O) groups is 1. The number of pyridine rings is 1.